The number of amides is 2. The number of nitrogens with one attached hydrogen (secondary N) is 2. The number of carbonyl (C=O) groups is 3. The lowest BCUT2D eigenvalue weighted by molar-refractivity contribution is -0.141. The average Bonchev–Trinajstić information content (AvgIpc) is 2.27. The van der Waals surface area contributed by atoms with Gasteiger partial charge in [-0.15, -0.1) is 0 Å². The summed E-state index contributed by atoms with van der Waals surface area (Å²) < 4.78 is 0. The topological polar surface area (TPSA) is 95.5 Å². The molecule has 3 unspecified atom stereocenters. The van der Waals surface area contributed by atoms with E-state index in [0.29, 0.717) is 6.42 Å². The Bertz CT molecular complexity index is 331. The van der Waals surface area contributed by atoms with Gasteiger partial charge in [0.1, 0.15) is 6.04 Å². The summed E-state index contributed by atoms with van der Waals surface area (Å²) in [5.41, 5.74) is 0. The summed E-state index contributed by atoms with van der Waals surface area (Å²) in [6.07, 6.45) is 2.05. The van der Waals surface area contributed by atoms with Crippen LogP contribution in [0, 0.1) is 5.92 Å². The van der Waals surface area contributed by atoms with Crippen molar-refractivity contribution >= 4 is 17.8 Å². The molecule has 0 aliphatic carbocycles. The maximum Gasteiger partial charge on any atom is 0.306 e. The minimum absolute atomic E-state index is 0.0373. The summed E-state index contributed by atoms with van der Waals surface area (Å²) >= 11 is 0. The van der Waals surface area contributed by atoms with Crippen LogP contribution < -0.4 is 10.6 Å². The molecule has 0 aromatic heterocycles. The lowest BCUT2D eigenvalue weighted by Gasteiger charge is -2.18. The zero-order valence-electron chi connectivity index (χ0n) is 12.0. The normalized spacial score (nSPS) is 15.2. The molecule has 110 valence electrons. The Kier molecular flexibility index (Phi) is 7.79. The van der Waals surface area contributed by atoms with Gasteiger partial charge < -0.3 is 15.7 Å². The molecular formula is C13H24N2O4. The van der Waals surface area contributed by atoms with E-state index in [1.165, 1.54) is 6.92 Å². The Hall–Kier alpha value is -1.59. The fourth-order valence-corrected chi connectivity index (χ4v) is 1.66. The maximum atomic E-state index is 11.7. The second-order valence-electron chi connectivity index (χ2n) is 5.00. The number of hydrogen-bond acceptors (Lipinski definition) is 3. The third kappa shape index (κ3) is 8.18. The van der Waals surface area contributed by atoms with Gasteiger partial charge in [0.05, 0.1) is 5.92 Å². The lowest BCUT2D eigenvalue weighted by Crippen LogP contribution is -2.46. The van der Waals surface area contributed by atoms with E-state index in [4.69, 9.17) is 5.11 Å². The minimum Gasteiger partial charge on any atom is -0.481 e. The van der Waals surface area contributed by atoms with Crippen LogP contribution in [0.1, 0.15) is 47.0 Å². The molecule has 0 saturated heterocycles. The van der Waals surface area contributed by atoms with Crippen LogP contribution in [0.3, 0.4) is 0 Å². The number of carboxylic acid groups (broad SMARTS) is 1. The van der Waals surface area contributed by atoms with Gasteiger partial charge in [0.25, 0.3) is 0 Å². The van der Waals surface area contributed by atoms with Crippen molar-refractivity contribution in [3.8, 4) is 0 Å². The van der Waals surface area contributed by atoms with Gasteiger partial charge >= 0.3 is 5.97 Å². The van der Waals surface area contributed by atoms with Gasteiger partial charge in [-0.25, -0.2) is 0 Å². The first-order chi connectivity index (χ1) is 8.73. The molecule has 0 rings (SSSR count). The molecule has 6 heteroatoms. The van der Waals surface area contributed by atoms with Crippen molar-refractivity contribution in [2.24, 2.45) is 5.92 Å². The van der Waals surface area contributed by atoms with Crippen LogP contribution in [0.15, 0.2) is 0 Å². The molecule has 0 heterocycles. The first-order valence-electron chi connectivity index (χ1n) is 6.54. The molecule has 0 bridgehead atoms. The summed E-state index contributed by atoms with van der Waals surface area (Å²) in [6, 6.07) is -0.595. The molecular weight excluding hydrogens is 248 g/mol. The van der Waals surface area contributed by atoms with Crippen LogP contribution in [0.4, 0.5) is 0 Å². The number of carbonyl (C=O) groups excluding carboxylic acids is 2. The maximum absolute atomic E-state index is 11.7. The van der Waals surface area contributed by atoms with Crippen molar-refractivity contribution in [3.63, 3.8) is 0 Å². The molecule has 0 aromatic rings. The minimum atomic E-state index is -0.795. The van der Waals surface area contributed by atoms with Crippen LogP contribution >= 0.6 is 0 Å². The second-order valence-corrected chi connectivity index (χ2v) is 5.00. The smallest absolute Gasteiger partial charge is 0.306 e. The second kappa shape index (κ2) is 8.50. The third-order valence-electron chi connectivity index (χ3n) is 2.90. The molecule has 3 atom stereocenters. The molecule has 0 spiro atoms. The Balaban J connectivity index is 3.91. The van der Waals surface area contributed by atoms with E-state index in [1.54, 1.807) is 13.8 Å². The van der Waals surface area contributed by atoms with Crippen molar-refractivity contribution in [1.82, 2.24) is 10.6 Å². The third-order valence-corrected chi connectivity index (χ3v) is 2.90. The van der Waals surface area contributed by atoms with Gasteiger partial charge in [-0.05, 0) is 26.7 Å². The quantitative estimate of drug-likeness (QED) is 0.612. The van der Waals surface area contributed by atoms with E-state index in [9.17, 15) is 14.4 Å². The van der Waals surface area contributed by atoms with Crippen LogP contribution in [0.2, 0.25) is 0 Å². The van der Waals surface area contributed by atoms with Crippen LogP contribution in [0.5, 0.6) is 0 Å². The molecule has 0 aromatic carbocycles. The molecule has 0 aliphatic heterocycles. The largest absolute Gasteiger partial charge is 0.481 e. The molecule has 0 fully saturated rings. The zero-order chi connectivity index (χ0) is 15.0. The number of hydrogen-bond donors (Lipinski definition) is 3. The lowest BCUT2D eigenvalue weighted by atomic mass is 10.0. The van der Waals surface area contributed by atoms with E-state index in [2.05, 4.69) is 10.6 Å². The van der Waals surface area contributed by atoms with E-state index >= 15 is 0 Å². The highest BCUT2D eigenvalue weighted by Crippen LogP contribution is 2.09. The number of rotatable bonds is 8. The first kappa shape index (κ1) is 17.4. The van der Waals surface area contributed by atoms with Gasteiger partial charge in [0.15, 0.2) is 0 Å². The van der Waals surface area contributed by atoms with Gasteiger partial charge in [-0.2, -0.15) is 0 Å². The van der Waals surface area contributed by atoms with Gasteiger partial charge in [-0.1, -0.05) is 13.3 Å². The summed E-state index contributed by atoms with van der Waals surface area (Å²) in [7, 11) is 0. The van der Waals surface area contributed by atoms with Crippen molar-refractivity contribution in [1.29, 1.82) is 0 Å². The predicted octanol–water partition coefficient (Wildman–Crippen LogP) is 0.907. The highest BCUT2D eigenvalue weighted by atomic mass is 16.4. The Labute approximate surface area is 113 Å². The van der Waals surface area contributed by atoms with Gasteiger partial charge in [0, 0.05) is 13.0 Å². The standard InChI is InChI=1S/C13H24N2O4/c1-8(13(18)19)6-5-7-9(2)14-12(17)10(3)15-11(4)16/h8-10H,5-7H2,1-4H3,(H,14,17)(H,15,16)(H,18,19). The Morgan fingerprint density at radius 1 is 1.05 bits per heavy atom. The van der Waals surface area contributed by atoms with Crippen molar-refractivity contribution in [3.05, 3.63) is 0 Å². The Morgan fingerprint density at radius 3 is 2.11 bits per heavy atom. The highest BCUT2D eigenvalue weighted by molar-refractivity contribution is 5.86. The highest BCUT2D eigenvalue weighted by Gasteiger charge is 2.16. The summed E-state index contributed by atoms with van der Waals surface area (Å²) in [4.78, 5) is 33.1. The monoisotopic (exact) mass is 272 g/mol. The zero-order valence-corrected chi connectivity index (χ0v) is 12.0. The fourth-order valence-electron chi connectivity index (χ4n) is 1.66. The van der Waals surface area contributed by atoms with Crippen LogP contribution in [0.25, 0.3) is 0 Å². The van der Waals surface area contributed by atoms with Crippen molar-refractivity contribution in [2.75, 3.05) is 0 Å². The summed E-state index contributed by atoms with van der Waals surface area (Å²) in [5, 5.41) is 14.0. The van der Waals surface area contributed by atoms with Gasteiger partial charge in [-0.3, -0.25) is 14.4 Å². The van der Waals surface area contributed by atoms with Crippen molar-refractivity contribution < 1.29 is 19.5 Å². The van der Waals surface area contributed by atoms with Crippen LogP contribution in [-0.4, -0.2) is 35.0 Å². The van der Waals surface area contributed by atoms with Gasteiger partial charge in [0.2, 0.25) is 11.8 Å². The fraction of sp³-hybridized carbons (Fsp3) is 0.769. The summed E-state index contributed by atoms with van der Waals surface area (Å²) in [5.74, 6) is -1.63. The Morgan fingerprint density at radius 2 is 1.63 bits per heavy atom. The van der Waals surface area contributed by atoms with E-state index in [0.717, 1.165) is 12.8 Å². The first-order valence-corrected chi connectivity index (χ1v) is 6.54. The van der Waals surface area contributed by atoms with E-state index in [-0.39, 0.29) is 23.8 Å². The van der Waals surface area contributed by atoms with E-state index in [1.807, 2.05) is 6.92 Å². The molecule has 0 saturated carbocycles. The molecule has 6 nitrogen and oxygen atoms in total. The number of aliphatic carboxylic acids is 1. The molecule has 2 amide bonds. The molecule has 3 N–H and O–H groups in total. The predicted molar refractivity (Wildman–Crippen MR) is 71.5 cm³/mol. The molecule has 19 heavy (non-hydrogen) atoms. The number of carboxylic acids is 1. The molecule has 0 radical (unpaired) electrons. The average molecular weight is 272 g/mol. The summed E-state index contributed by atoms with van der Waals surface area (Å²) in [6.45, 7) is 6.52. The van der Waals surface area contributed by atoms with Crippen molar-refractivity contribution in [2.45, 2.75) is 59.0 Å². The molecule has 0 aliphatic rings. The SMILES string of the molecule is CC(=O)NC(C)C(=O)NC(C)CCCC(C)C(=O)O. The van der Waals surface area contributed by atoms with Crippen LogP contribution in [-0.2, 0) is 14.4 Å². The van der Waals surface area contributed by atoms with E-state index < -0.39 is 12.0 Å².